The van der Waals surface area contributed by atoms with Crippen molar-refractivity contribution < 1.29 is 52.6 Å². The third-order valence-electron chi connectivity index (χ3n) is 7.51. The summed E-state index contributed by atoms with van der Waals surface area (Å²) in [5.74, 6) is -3.67. The van der Waals surface area contributed by atoms with Crippen LogP contribution in [0.3, 0.4) is 0 Å². The first kappa shape index (κ1) is 31.4. The number of amides is 8. The summed E-state index contributed by atoms with van der Waals surface area (Å²) in [6, 6.07) is 6.86. The highest BCUT2D eigenvalue weighted by atomic mass is 16.5. The Morgan fingerprint density at radius 3 is 1.46 bits per heavy atom. The topological polar surface area (TPSA) is 203 Å². The van der Waals surface area contributed by atoms with E-state index in [1.807, 2.05) is 0 Å². The first-order valence-electron chi connectivity index (χ1n) is 14.1. The number of nitrogens with zero attached hydrogens (tertiary/aromatic N) is 2. The van der Waals surface area contributed by atoms with Crippen LogP contribution in [0, 0.1) is 0 Å². The number of piperidine rings is 2. The lowest BCUT2D eigenvalue weighted by atomic mass is 10.0. The van der Waals surface area contributed by atoms with Gasteiger partial charge < -0.3 is 9.47 Å². The molecule has 46 heavy (non-hydrogen) atoms. The van der Waals surface area contributed by atoms with Gasteiger partial charge in [-0.3, -0.25) is 63.6 Å². The SMILES string of the molecule is C=CCOc1ccc2c(c1)C(=O)N(C1CCC(=O)NC1=O)C2=O.O=CCOc1ccc2c(c1)C(=O)N(C1CCC(=O)NC1=O)C2=O. The molecule has 2 unspecified atom stereocenters. The van der Waals surface area contributed by atoms with Crippen LogP contribution in [-0.4, -0.2) is 88.6 Å². The highest BCUT2D eigenvalue weighted by Gasteiger charge is 2.46. The molecule has 6 rings (SSSR count). The predicted molar refractivity (Wildman–Crippen MR) is 153 cm³/mol. The molecule has 2 atom stereocenters. The lowest BCUT2D eigenvalue weighted by Crippen LogP contribution is -2.54. The minimum Gasteiger partial charge on any atom is -0.490 e. The Morgan fingerprint density at radius 1 is 0.652 bits per heavy atom. The maximum atomic E-state index is 12.5. The molecule has 0 radical (unpaired) electrons. The normalized spacial score (nSPS) is 20.3. The fourth-order valence-electron chi connectivity index (χ4n) is 5.37. The van der Waals surface area contributed by atoms with Gasteiger partial charge in [-0.2, -0.15) is 0 Å². The van der Waals surface area contributed by atoms with Crippen LogP contribution >= 0.6 is 0 Å². The van der Waals surface area contributed by atoms with Gasteiger partial charge in [0, 0.05) is 12.8 Å². The number of rotatable bonds is 8. The highest BCUT2D eigenvalue weighted by Crippen LogP contribution is 2.31. The van der Waals surface area contributed by atoms with Crippen LogP contribution in [0.4, 0.5) is 0 Å². The number of aldehydes is 1. The molecule has 8 amide bonds. The number of ether oxygens (including phenoxy) is 2. The Labute approximate surface area is 260 Å². The van der Waals surface area contributed by atoms with Crippen LogP contribution in [0.1, 0.15) is 67.1 Å². The molecule has 15 nitrogen and oxygen atoms in total. The number of hydrogen-bond acceptors (Lipinski definition) is 11. The smallest absolute Gasteiger partial charge is 0.262 e. The van der Waals surface area contributed by atoms with E-state index in [0.717, 1.165) is 9.80 Å². The molecule has 0 aromatic heterocycles. The summed E-state index contributed by atoms with van der Waals surface area (Å²) in [7, 11) is 0. The van der Waals surface area contributed by atoms with Crippen LogP contribution in [0.5, 0.6) is 11.5 Å². The van der Waals surface area contributed by atoms with Crippen molar-refractivity contribution in [1.82, 2.24) is 20.4 Å². The molecule has 236 valence electrons. The third-order valence-corrected chi connectivity index (χ3v) is 7.51. The monoisotopic (exact) mass is 630 g/mol. The molecule has 4 aliphatic rings. The zero-order valence-electron chi connectivity index (χ0n) is 24.1. The van der Waals surface area contributed by atoms with Gasteiger partial charge in [-0.25, -0.2) is 0 Å². The number of imide groups is 4. The molecule has 0 saturated carbocycles. The van der Waals surface area contributed by atoms with Crippen molar-refractivity contribution >= 4 is 53.5 Å². The molecule has 2 aromatic carbocycles. The minimum absolute atomic E-state index is 0.0670. The molecule has 15 heteroatoms. The molecular weight excluding hydrogens is 604 g/mol. The predicted octanol–water partition coefficient (Wildman–Crippen LogP) is 0.318. The van der Waals surface area contributed by atoms with Crippen molar-refractivity contribution in [2.75, 3.05) is 13.2 Å². The second-order valence-electron chi connectivity index (χ2n) is 10.4. The highest BCUT2D eigenvalue weighted by molar-refractivity contribution is 6.24. The van der Waals surface area contributed by atoms with Crippen LogP contribution in [-0.2, 0) is 24.0 Å². The minimum atomic E-state index is -1.00. The van der Waals surface area contributed by atoms with Gasteiger partial charge in [-0.05, 0) is 49.2 Å². The van der Waals surface area contributed by atoms with Gasteiger partial charge in [-0.15, -0.1) is 0 Å². The summed E-state index contributed by atoms with van der Waals surface area (Å²) >= 11 is 0. The van der Waals surface area contributed by atoms with Gasteiger partial charge in [-0.1, -0.05) is 12.7 Å². The molecule has 2 aromatic rings. The number of benzene rings is 2. The van der Waals surface area contributed by atoms with Gasteiger partial charge in [0.1, 0.15) is 36.8 Å². The molecule has 0 aliphatic carbocycles. The number of hydrogen-bond donors (Lipinski definition) is 2. The Bertz CT molecular complexity index is 1610. The molecule has 0 bridgehead atoms. The fraction of sp³-hybridized carbons (Fsp3) is 0.258. The van der Waals surface area contributed by atoms with Crippen molar-refractivity contribution in [1.29, 1.82) is 0 Å². The second kappa shape index (κ2) is 12.9. The summed E-state index contributed by atoms with van der Waals surface area (Å²) < 4.78 is 10.5. The summed E-state index contributed by atoms with van der Waals surface area (Å²) in [6.45, 7) is 3.64. The van der Waals surface area contributed by atoms with Crippen molar-refractivity contribution in [2.45, 2.75) is 37.8 Å². The van der Waals surface area contributed by atoms with E-state index in [1.165, 1.54) is 30.3 Å². The second-order valence-corrected chi connectivity index (χ2v) is 10.4. The standard InChI is InChI=1S/C16H14N2O5.C15H12N2O6/c1-2-7-23-9-3-4-10-11(8-9)16(22)18(15(10)21)12-5-6-13(19)17-14(12)20;18-5-6-23-8-1-2-9-10(7-8)15(22)17(14(9)21)11-3-4-12(19)16-13(11)20/h2-4,8,12H,1,5-7H2,(H,17,19,20);1-2,5,7,11H,3-4,6H2,(H,16,19,20). The van der Waals surface area contributed by atoms with Crippen LogP contribution < -0.4 is 20.1 Å². The first-order chi connectivity index (χ1) is 22.0. The molecule has 2 saturated heterocycles. The average Bonchev–Trinajstić information content (AvgIpc) is 3.43. The van der Waals surface area contributed by atoms with Gasteiger partial charge in [0.25, 0.3) is 23.6 Å². The van der Waals surface area contributed by atoms with Crippen molar-refractivity contribution in [3.63, 3.8) is 0 Å². The van der Waals surface area contributed by atoms with Gasteiger partial charge in [0.2, 0.25) is 23.6 Å². The van der Waals surface area contributed by atoms with E-state index in [1.54, 1.807) is 12.1 Å². The summed E-state index contributed by atoms with van der Waals surface area (Å²) in [5, 5.41) is 4.28. The largest absolute Gasteiger partial charge is 0.490 e. The van der Waals surface area contributed by atoms with Crippen LogP contribution in [0.15, 0.2) is 49.1 Å². The Balaban J connectivity index is 0.000000181. The van der Waals surface area contributed by atoms with E-state index in [4.69, 9.17) is 9.47 Å². The number of carbonyl (C=O) groups excluding carboxylic acids is 9. The molecule has 4 heterocycles. The summed E-state index contributed by atoms with van der Waals surface area (Å²) in [4.78, 5) is 108. The Kier molecular flexibility index (Phi) is 8.84. The zero-order chi connectivity index (χ0) is 33.1. The van der Waals surface area contributed by atoms with E-state index in [-0.39, 0.29) is 66.9 Å². The van der Waals surface area contributed by atoms with Crippen LogP contribution in [0.25, 0.3) is 0 Å². The number of carbonyl (C=O) groups is 9. The van der Waals surface area contributed by atoms with E-state index in [9.17, 15) is 43.2 Å². The third kappa shape index (κ3) is 5.89. The maximum Gasteiger partial charge on any atom is 0.262 e. The van der Waals surface area contributed by atoms with Crippen molar-refractivity contribution in [3.8, 4) is 11.5 Å². The Morgan fingerprint density at radius 2 is 1.07 bits per heavy atom. The van der Waals surface area contributed by atoms with Gasteiger partial charge >= 0.3 is 0 Å². The number of fused-ring (bicyclic) bond motifs is 2. The molecule has 0 spiro atoms. The lowest BCUT2D eigenvalue weighted by Gasteiger charge is -2.27. The molecule has 2 N–H and O–H groups in total. The zero-order valence-corrected chi connectivity index (χ0v) is 24.1. The van der Waals surface area contributed by atoms with E-state index in [2.05, 4.69) is 17.2 Å². The molecular formula is C31H26N4O11. The summed E-state index contributed by atoms with van der Waals surface area (Å²) in [6.07, 6.45) is 2.53. The number of nitrogens with one attached hydrogen (secondary N) is 2. The molecule has 2 fully saturated rings. The lowest BCUT2D eigenvalue weighted by molar-refractivity contribution is -0.137. The first-order valence-corrected chi connectivity index (χ1v) is 14.1. The van der Waals surface area contributed by atoms with E-state index < -0.39 is 59.3 Å². The van der Waals surface area contributed by atoms with Gasteiger partial charge in [0.15, 0.2) is 6.29 Å². The quantitative estimate of drug-likeness (QED) is 0.231. The fourth-order valence-corrected chi connectivity index (χ4v) is 5.37. The van der Waals surface area contributed by atoms with E-state index >= 15 is 0 Å². The molecule has 4 aliphatic heterocycles. The van der Waals surface area contributed by atoms with Crippen LogP contribution in [0.2, 0.25) is 0 Å². The Hall–Kier alpha value is -5.99. The van der Waals surface area contributed by atoms with Gasteiger partial charge in [0.05, 0.1) is 22.3 Å². The summed E-state index contributed by atoms with van der Waals surface area (Å²) in [5.41, 5.74) is 0.702. The maximum absolute atomic E-state index is 12.5. The van der Waals surface area contributed by atoms with Crippen molar-refractivity contribution in [2.24, 2.45) is 0 Å². The average molecular weight is 631 g/mol. The van der Waals surface area contributed by atoms with Crippen molar-refractivity contribution in [3.05, 3.63) is 71.3 Å². The van der Waals surface area contributed by atoms with E-state index in [0.29, 0.717) is 12.0 Å².